The van der Waals surface area contributed by atoms with E-state index in [9.17, 15) is 4.79 Å². The molecule has 0 unspecified atom stereocenters. The Balaban J connectivity index is 2.75. The highest BCUT2D eigenvalue weighted by atomic mass is 16.1. The van der Waals surface area contributed by atoms with E-state index in [0.29, 0.717) is 12.0 Å². The zero-order valence-corrected chi connectivity index (χ0v) is 5.56. The summed E-state index contributed by atoms with van der Waals surface area (Å²) in [6, 6.07) is 0. The molecular formula is C6H7N3O. The van der Waals surface area contributed by atoms with E-state index in [0.717, 1.165) is 0 Å². The number of nitrogens with zero attached hydrogens (tertiary/aromatic N) is 3. The summed E-state index contributed by atoms with van der Waals surface area (Å²) in [6.45, 7) is 0. The van der Waals surface area contributed by atoms with Gasteiger partial charge in [-0.1, -0.05) is 5.21 Å². The number of allylic oxidation sites excluding steroid dienone is 1. The number of hydrogen-bond donors (Lipinski definition) is 0. The van der Waals surface area contributed by atoms with Crippen LogP contribution in [0.5, 0.6) is 0 Å². The molecule has 0 N–H and O–H groups in total. The van der Waals surface area contributed by atoms with Gasteiger partial charge >= 0.3 is 0 Å². The van der Waals surface area contributed by atoms with Crippen molar-refractivity contribution in [3.05, 3.63) is 18.0 Å². The lowest BCUT2D eigenvalue weighted by molar-refractivity contribution is -0.104. The molecule has 0 fully saturated rings. The minimum atomic E-state index is 0.689. The molecule has 0 aliphatic heterocycles. The van der Waals surface area contributed by atoms with Gasteiger partial charge in [-0.15, -0.1) is 5.10 Å². The monoisotopic (exact) mass is 137 g/mol. The molecule has 0 radical (unpaired) electrons. The van der Waals surface area contributed by atoms with Crippen molar-refractivity contribution in [3.63, 3.8) is 0 Å². The number of aldehydes is 1. The van der Waals surface area contributed by atoms with Crippen LogP contribution in [0, 0.1) is 0 Å². The van der Waals surface area contributed by atoms with Crippen LogP contribution in [0.4, 0.5) is 0 Å². The van der Waals surface area contributed by atoms with E-state index in [4.69, 9.17) is 0 Å². The normalized spacial score (nSPS) is 10.5. The first kappa shape index (κ1) is 6.67. The first-order valence-corrected chi connectivity index (χ1v) is 2.81. The third-order valence-corrected chi connectivity index (χ3v) is 0.966. The van der Waals surface area contributed by atoms with Gasteiger partial charge in [0.15, 0.2) is 0 Å². The molecule has 0 aliphatic rings. The van der Waals surface area contributed by atoms with Crippen LogP contribution in [0.2, 0.25) is 0 Å². The minimum absolute atomic E-state index is 0.689. The van der Waals surface area contributed by atoms with E-state index in [1.807, 2.05) is 0 Å². The van der Waals surface area contributed by atoms with Gasteiger partial charge in [-0.2, -0.15) is 0 Å². The van der Waals surface area contributed by atoms with E-state index in [1.165, 1.54) is 6.08 Å². The average Bonchev–Trinajstić information content (AvgIpc) is 2.31. The molecule has 1 aromatic rings. The van der Waals surface area contributed by atoms with Gasteiger partial charge in [-0.3, -0.25) is 9.48 Å². The second kappa shape index (κ2) is 2.91. The molecule has 1 aromatic heterocycles. The van der Waals surface area contributed by atoms with Gasteiger partial charge in [0.1, 0.15) is 12.0 Å². The first-order chi connectivity index (χ1) is 4.83. The van der Waals surface area contributed by atoms with Crippen molar-refractivity contribution >= 4 is 12.4 Å². The lowest BCUT2D eigenvalue weighted by Gasteiger charge is -1.76. The molecule has 0 saturated heterocycles. The van der Waals surface area contributed by atoms with Crippen LogP contribution in [0.3, 0.4) is 0 Å². The fourth-order valence-electron chi connectivity index (χ4n) is 0.579. The molecule has 0 amide bonds. The largest absolute Gasteiger partial charge is 0.299 e. The maximum absolute atomic E-state index is 9.84. The summed E-state index contributed by atoms with van der Waals surface area (Å²) < 4.78 is 1.57. The molecule has 4 nitrogen and oxygen atoms in total. The van der Waals surface area contributed by atoms with Gasteiger partial charge in [0.05, 0.1) is 6.20 Å². The van der Waals surface area contributed by atoms with Gasteiger partial charge in [-0.05, 0) is 12.2 Å². The van der Waals surface area contributed by atoms with Crippen LogP contribution in [-0.2, 0) is 11.8 Å². The summed E-state index contributed by atoms with van der Waals surface area (Å²) in [4.78, 5) is 9.84. The minimum Gasteiger partial charge on any atom is -0.299 e. The van der Waals surface area contributed by atoms with Crippen LogP contribution < -0.4 is 0 Å². The van der Waals surface area contributed by atoms with Crippen LogP contribution >= 0.6 is 0 Å². The number of hydrogen-bond acceptors (Lipinski definition) is 3. The zero-order valence-electron chi connectivity index (χ0n) is 5.56. The van der Waals surface area contributed by atoms with Crippen molar-refractivity contribution < 1.29 is 4.79 Å². The van der Waals surface area contributed by atoms with E-state index in [-0.39, 0.29) is 0 Å². The summed E-state index contributed by atoms with van der Waals surface area (Å²) in [5, 5.41) is 7.39. The molecule has 0 aromatic carbocycles. The predicted molar refractivity (Wildman–Crippen MR) is 36.1 cm³/mol. The topological polar surface area (TPSA) is 47.8 Å². The molecule has 52 valence electrons. The quantitative estimate of drug-likeness (QED) is 0.426. The van der Waals surface area contributed by atoms with E-state index >= 15 is 0 Å². The molecule has 0 saturated carbocycles. The Kier molecular flexibility index (Phi) is 1.94. The number of aryl methyl sites for hydroxylation is 1. The summed E-state index contributed by atoms with van der Waals surface area (Å²) in [5.41, 5.74) is 0.689. The van der Waals surface area contributed by atoms with E-state index < -0.39 is 0 Å². The molecule has 1 heterocycles. The zero-order chi connectivity index (χ0) is 7.40. The molecule has 10 heavy (non-hydrogen) atoms. The standard InChI is InChI=1S/C6H7N3O/c1-9-5-6(7-8-9)3-2-4-10/h2-5H,1H3/b3-2-. The Hall–Kier alpha value is -1.45. The Morgan fingerprint density at radius 2 is 2.50 bits per heavy atom. The van der Waals surface area contributed by atoms with Crippen molar-refractivity contribution in [1.82, 2.24) is 15.0 Å². The third-order valence-electron chi connectivity index (χ3n) is 0.966. The van der Waals surface area contributed by atoms with Crippen molar-refractivity contribution in [1.29, 1.82) is 0 Å². The fourth-order valence-corrected chi connectivity index (χ4v) is 0.579. The molecule has 0 aliphatic carbocycles. The molecule has 0 spiro atoms. The fraction of sp³-hybridized carbons (Fsp3) is 0.167. The van der Waals surface area contributed by atoms with Gasteiger partial charge in [0.25, 0.3) is 0 Å². The van der Waals surface area contributed by atoms with E-state index in [1.54, 1.807) is 24.0 Å². The Morgan fingerprint density at radius 1 is 1.70 bits per heavy atom. The first-order valence-electron chi connectivity index (χ1n) is 2.81. The molecular weight excluding hydrogens is 130 g/mol. The van der Waals surface area contributed by atoms with Gasteiger partial charge in [0, 0.05) is 7.05 Å². The second-order valence-electron chi connectivity index (χ2n) is 1.81. The van der Waals surface area contributed by atoms with Crippen LogP contribution in [-0.4, -0.2) is 21.3 Å². The number of rotatable bonds is 2. The number of aromatic nitrogens is 3. The van der Waals surface area contributed by atoms with Crippen molar-refractivity contribution in [2.24, 2.45) is 7.05 Å². The van der Waals surface area contributed by atoms with Gasteiger partial charge in [-0.25, -0.2) is 0 Å². The Bertz CT molecular complexity index is 251. The molecule has 0 atom stereocenters. The highest BCUT2D eigenvalue weighted by Gasteiger charge is 1.89. The van der Waals surface area contributed by atoms with Gasteiger partial charge in [0.2, 0.25) is 0 Å². The van der Waals surface area contributed by atoms with Crippen LogP contribution in [0.1, 0.15) is 5.69 Å². The van der Waals surface area contributed by atoms with Crippen molar-refractivity contribution in [2.75, 3.05) is 0 Å². The van der Waals surface area contributed by atoms with Crippen LogP contribution in [0.25, 0.3) is 6.08 Å². The smallest absolute Gasteiger partial charge is 0.142 e. The third kappa shape index (κ3) is 1.51. The maximum atomic E-state index is 9.84. The summed E-state index contributed by atoms with van der Waals surface area (Å²) in [6.07, 6.45) is 5.40. The predicted octanol–water partition coefficient (Wildman–Crippen LogP) is 0.0272. The average molecular weight is 137 g/mol. The highest BCUT2D eigenvalue weighted by molar-refractivity contribution is 5.72. The summed E-state index contributed by atoms with van der Waals surface area (Å²) in [5.74, 6) is 0. The number of carbonyl (C=O) groups excluding carboxylic acids is 1. The van der Waals surface area contributed by atoms with Gasteiger partial charge < -0.3 is 0 Å². The van der Waals surface area contributed by atoms with Crippen molar-refractivity contribution in [3.8, 4) is 0 Å². The van der Waals surface area contributed by atoms with E-state index in [2.05, 4.69) is 10.3 Å². The second-order valence-corrected chi connectivity index (χ2v) is 1.81. The van der Waals surface area contributed by atoms with Crippen molar-refractivity contribution in [2.45, 2.75) is 0 Å². The van der Waals surface area contributed by atoms with Crippen LogP contribution in [0.15, 0.2) is 12.3 Å². The SMILES string of the molecule is Cn1cc(/C=C\C=O)nn1. The Labute approximate surface area is 58.2 Å². The molecule has 0 bridgehead atoms. The lowest BCUT2D eigenvalue weighted by Crippen LogP contribution is -1.85. The maximum Gasteiger partial charge on any atom is 0.142 e. The lowest BCUT2D eigenvalue weighted by atomic mass is 10.4. The summed E-state index contributed by atoms with van der Waals surface area (Å²) in [7, 11) is 1.77. The Morgan fingerprint density at radius 3 is 3.00 bits per heavy atom. The number of carbonyl (C=O) groups is 1. The molecule has 1 rings (SSSR count). The summed E-state index contributed by atoms with van der Waals surface area (Å²) >= 11 is 0. The highest BCUT2D eigenvalue weighted by Crippen LogP contribution is 1.92. The molecule has 4 heteroatoms.